The van der Waals surface area contributed by atoms with Gasteiger partial charge in [0.1, 0.15) is 0 Å². The number of carbonyl (C=O) groups excluding carboxylic acids is 1. The van der Waals surface area contributed by atoms with Crippen LogP contribution in [0.25, 0.3) is 0 Å². The Morgan fingerprint density at radius 2 is 1.82 bits per heavy atom. The van der Waals surface area contributed by atoms with E-state index < -0.39 is 0 Å². The summed E-state index contributed by atoms with van der Waals surface area (Å²) >= 11 is 0. The van der Waals surface area contributed by atoms with Gasteiger partial charge in [0, 0.05) is 44.3 Å². The molecular formula is C16H26ClN3O2. The summed E-state index contributed by atoms with van der Waals surface area (Å²) in [4.78, 5) is 16.6. The topological polar surface area (TPSA) is 69.8 Å². The number of aliphatic hydroxyl groups excluding tert-OH is 1. The molecule has 1 atom stereocenters. The SMILES string of the molecule is CCC(CO)N1CCN(C(=O)c2ccc(CN)cc2)CC1.Cl. The third-order valence-electron chi connectivity index (χ3n) is 4.24. The molecule has 0 aliphatic carbocycles. The smallest absolute Gasteiger partial charge is 0.253 e. The van der Waals surface area contributed by atoms with E-state index in [0.29, 0.717) is 19.6 Å². The standard InChI is InChI=1S/C16H25N3O2.ClH/c1-2-15(12-20)18-7-9-19(10-8-18)16(21)14-5-3-13(11-17)4-6-14;/h3-6,15,20H,2,7-12,17H2,1H3;1H. The number of amides is 1. The first kappa shape index (κ1) is 18.9. The van der Waals surface area contributed by atoms with Gasteiger partial charge in [0.05, 0.1) is 6.61 Å². The normalized spacial score (nSPS) is 17.0. The van der Waals surface area contributed by atoms with Crippen LogP contribution in [0.5, 0.6) is 0 Å². The number of benzene rings is 1. The van der Waals surface area contributed by atoms with E-state index in [1.165, 1.54) is 0 Å². The number of piperazine rings is 1. The summed E-state index contributed by atoms with van der Waals surface area (Å²) in [5.74, 6) is 0.0790. The monoisotopic (exact) mass is 327 g/mol. The second-order valence-corrected chi connectivity index (χ2v) is 5.47. The minimum atomic E-state index is 0. The summed E-state index contributed by atoms with van der Waals surface area (Å²) in [6.45, 7) is 5.84. The van der Waals surface area contributed by atoms with Gasteiger partial charge in [0.15, 0.2) is 0 Å². The van der Waals surface area contributed by atoms with Crippen LogP contribution >= 0.6 is 12.4 Å². The van der Waals surface area contributed by atoms with Gasteiger partial charge in [-0.15, -0.1) is 12.4 Å². The lowest BCUT2D eigenvalue weighted by molar-refractivity contribution is 0.0472. The first-order chi connectivity index (χ1) is 10.2. The van der Waals surface area contributed by atoms with Gasteiger partial charge < -0.3 is 15.7 Å². The van der Waals surface area contributed by atoms with Crippen molar-refractivity contribution in [2.75, 3.05) is 32.8 Å². The highest BCUT2D eigenvalue weighted by molar-refractivity contribution is 5.94. The Morgan fingerprint density at radius 3 is 2.27 bits per heavy atom. The van der Waals surface area contributed by atoms with Gasteiger partial charge in [0.2, 0.25) is 0 Å². The van der Waals surface area contributed by atoms with E-state index in [2.05, 4.69) is 11.8 Å². The molecule has 1 aromatic rings. The largest absolute Gasteiger partial charge is 0.395 e. The van der Waals surface area contributed by atoms with Gasteiger partial charge in [-0.25, -0.2) is 0 Å². The number of halogens is 1. The van der Waals surface area contributed by atoms with Gasteiger partial charge >= 0.3 is 0 Å². The molecule has 2 rings (SSSR count). The van der Waals surface area contributed by atoms with E-state index >= 15 is 0 Å². The molecule has 0 spiro atoms. The lowest BCUT2D eigenvalue weighted by atomic mass is 10.1. The van der Waals surface area contributed by atoms with Gasteiger partial charge in [-0.2, -0.15) is 0 Å². The van der Waals surface area contributed by atoms with Crippen molar-refractivity contribution in [2.45, 2.75) is 25.9 Å². The first-order valence-corrected chi connectivity index (χ1v) is 7.62. The van der Waals surface area contributed by atoms with E-state index in [4.69, 9.17) is 5.73 Å². The molecule has 1 aliphatic heterocycles. The number of nitrogens with two attached hydrogens (primary N) is 1. The quantitative estimate of drug-likeness (QED) is 0.849. The number of hydrogen-bond acceptors (Lipinski definition) is 4. The lowest BCUT2D eigenvalue weighted by Crippen LogP contribution is -2.52. The minimum Gasteiger partial charge on any atom is -0.395 e. The average molecular weight is 328 g/mol. The van der Waals surface area contributed by atoms with Crippen LogP contribution in [0.3, 0.4) is 0 Å². The van der Waals surface area contributed by atoms with Gasteiger partial charge in [-0.3, -0.25) is 9.69 Å². The highest BCUT2D eigenvalue weighted by Crippen LogP contribution is 2.13. The van der Waals surface area contributed by atoms with E-state index in [1.807, 2.05) is 29.2 Å². The van der Waals surface area contributed by atoms with Gasteiger partial charge in [-0.1, -0.05) is 19.1 Å². The van der Waals surface area contributed by atoms with Gasteiger partial charge in [-0.05, 0) is 24.1 Å². The molecule has 124 valence electrons. The molecule has 5 nitrogen and oxygen atoms in total. The van der Waals surface area contributed by atoms with Gasteiger partial charge in [0.25, 0.3) is 5.91 Å². The number of carbonyl (C=O) groups is 1. The molecule has 0 aromatic heterocycles. The summed E-state index contributed by atoms with van der Waals surface area (Å²) < 4.78 is 0. The molecule has 0 radical (unpaired) electrons. The van der Waals surface area contributed by atoms with Crippen LogP contribution in [0.2, 0.25) is 0 Å². The van der Waals surface area contributed by atoms with E-state index in [1.54, 1.807) is 0 Å². The molecule has 1 aromatic carbocycles. The zero-order valence-corrected chi connectivity index (χ0v) is 13.9. The van der Waals surface area contributed by atoms with Crippen LogP contribution in [-0.2, 0) is 6.54 Å². The molecule has 1 heterocycles. The maximum atomic E-state index is 12.4. The van der Waals surface area contributed by atoms with Crippen molar-refractivity contribution >= 4 is 18.3 Å². The molecule has 1 saturated heterocycles. The first-order valence-electron chi connectivity index (χ1n) is 7.62. The molecule has 6 heteroatoms. The fraction of sp³-hybridized carbons (Fsp3) is 0.562. The highest BCUT2D eigenvalue weighted by atomic mass is 35.5. The molecule has 22 heavy (non-hydrogen) atoms. The number of hydrogen-bond donors (Lipinski definition) is 2. The maximum absolute atomic E-state index is 12.4. The maximum Gasteiger partial charge on any atom is 0.253 e. The van der Waals surface area contributed by atoms with Crippen LogP contribution < -0.4 is 5.73 Å². The van der Waals surface area contributed by atoms with Crippen LogP contribution in [-0.4, -0.2) is 59.6 Å². The zero-order valence-electron chi connectivity index (χ0n) is 13.1. The molecule has 1 amide bonds. The van der Waals surface area contributed by atoms with Crippen molar-refractivity contribution in [3.05, 3.63) is 35.4 Å². The Balaban J connectivity index is 0.00000242. The summed E-state index contributed by atoms with van der Waals surface area (Å²) in [7, 11) is 0. The Bertz CT molecular complexity index is 455. The third kappa shape index (κ3) is 4.43. The fourth-order valence-corrected chi connectivity index (χ4v) is 2.76. The number of rotatable bonds is 5. The zero-order chi connectivity index (χ0) is 15.2. The molecule has 1 unspecified atom stereocenters. The second kappa shape index (κ2) is 9.10. The van der Waals surface area contributed by atoms with Crippen molar-refractivity contribution in [1.29, 1.82) is 0 Å². The molecule has 0 bridgehead atoms. The summed E-state index contributed by atoms with van der Waals surface area (Å²) in [5, 5.41) is 9.35. The Morgan fingerprint density at radius 1 is 1.23 bits per heavy atom. The second-order valence-electron chi connectivity index (χ2n) is 5.47. The summed E-state index contributed by atoms with van der Waals surface area (Å²) in [5.41, 5.74) is 7.32. The van der Waals surface area contributed by atoms with Crippen molar-refractivity contribution in [2.24, 2.45) is 5.73 Å². The lowest BCUT2D eigenvalue weighted by Gasteiger charge is -2.38. The minimum absolute atomic E-state index is 0. The molecule has 1 fully saturated rings. The third-order valence-corrected chi connectivity index (χ3v) is 4.24. The van der Waals surface area contributed by atoms with E-state index in [0.717, 1.165) is 30.6 Å². The van der Waals surface area contributed by atoms with Crippen LogP contribution in [0.15, 0.2) is 24.3 Å². The highest BCUT2D eigenvalue weighted by Gasteiger charge is 2.25. The molecular weight excluding hydrogens is 302 g/mol. The van der Waals surface area contributed by atoms with Crippen molar-refractivity contribution in [3.8, 4) is 0 Å². The predicted octanol–water partition coefficient (Wildman–Crippen LogP) is 1.10. The summed E-state index contributed by atoms with van der Waals surface area (Å²) in [6.07, 6.45) is 0.936. The molecule has 1 aliphatic rings. The van der Waals surface area contributed by atoms with E-state index in [-0.39, 0.29) is 31.0 Å². The van der Waals surface area contributed by atoms with Crippen LogP contribution in [0.1, 0.15) is 29.3 Å². The van der Waals surface area contributed by atoms with Crippen molar-refractivity contribution in [3.63, 3.8) is 0 Å². The summed E-state index contributed by atoms with van der Waals surface area (Å²) in [6, 6.07) is 7.72. The van der Waals surface area contributed by atoms with Crippen molar-refractivity contribution in [1.82, 2.24) is 9.80 Å². The van der Waals surface area contributed by atoms with Crippen molar-refractivity contribution < 1.29 is 9.90 Å². The number of nitrogens with zero attached hydrogens (tertiary/aromatic N) is 2. The number of aliphatic hydroxyl groups is 1. The predicted molar refractivity (Wildman–Crippen MR) is 90.2 cm³/mol. The Kier molecular flexibility index (Phi) is 7.82. The molecule has 3 N–H and O–H groups in total. The Hall–Kier alpha value is -1.14. The molecule has 0 saturated carbocycles. The van der Waals surface area contributed by atoms with E-state index in [9.17, 15) is 9.90 Å². The van der Waals surface area contributed by atoms with Crippen LogP contribution in [0, 0.1) is 0 Å². The Labute approximate surface area is 138 Å². The average Bonchev–Trinajstić information content (AvgIpc) is 2.56. The fourth-order valence-electron chi connectivity index (χ4n) is 2.76. The van der Waals surface area contributed by atoms with Crippen LogP contribution in [0.4, 0.5) is 0 Å².